The van der Waals surface area contributed by atoms with Gasteiger partial charge in [0, 0.05) is 11.9 Å². The number of hydrogen-bond donors (Lipinski definition) is 2. The first-order chi connectivity index (χ1) is 14.7. The number of nitrogens with one attached hydrogen (secondary N) is 1. The SMILES string of the molecule is CCCCOc1c(CNC(=O)OC(C)(C)C)n(CC2CC2)c(=O)c2ccc(CO)cc12. The van der Waals surface area contributed by atoms with Crippen molar-refractivity contribution < 1.29 is 19.4 Å². The van der Waals surface area contributed by atoms with Gasteiger partial charge in [0.1, 0.15) is 11.4 Å². The molecule has 170 valence electrons. The Balaban J connectivity index is 2.08. The molecule has 2 aromatic rings. The average molecular weight is 431 g/mol. The van der Waals surface area contributed by atoms with Crippen LogP contribution >= 0.6 is 0 Å². The van der Waals surface area contributed by atoms with Crippen LogP contribution < -0.4 is 15.6 Å². The van der Waals surface area contributed by atoms with Gasteiger partial charge in [-0.25, -0.2) is 4.79 Å². The van der Waals surface area contributed by atoms with Crippen LogP contribution in [0.5, 0.6) is 5.75 Å². The van der Waals surface area contributed by atoms with Gasteiger partial charge in [0.2, 0.25) is 0 Å². The second-order valence-corrected chi connectivity index (χ2v) is 9.23. The normalized spacial score (nSPS) is 14.0. The standard InChI is InChI=1S/C24H34N2O5/c1-5-6-11-30-21-19-12-17(15-27)9-10-18(19)22(28)26(14-16-7-8-16)20(21)13-25-23(29)31-24(2,3)4/h9-10,12,16,27H,5-8,11,13-15H2,1-4H3,(H,25,29). The molecule has 1 saturated carbocycles. The summed E-state index contributed by atoms with van der Waals surface area (Å²) in [6, 6.07) is 5.32. The van der Waals surface area contributed by atoms with Gasteiger partial charge in [-0.05, 0) is 63.6 Å². The minimum atomic E-state index is -0.613. The number of pyridine rings is 1. The van der Waals surface area contributed by atoms with Crippen LogP contribution in [0.2, 0.25) is 0 Å². The number of ether oxygens (including phenoxy) is 2. The Labute approximate surface area is 183 Å². The predicted octanol–water partition coefficient (Wildman–Crippen LogP) is 4.11. The van der Waals surface area contributed by atoms with Crippen molar-refractivity contribution in [3.8, 4) is 5.75 Å². The number of nitrogens with zero attached hydrogens (tertiary/aromatic N) is 1. The number of aliphatic hydroxyl groups excluding tert-OH is 1. The summed E-state index contributed by atoms with van der Waals surface area (Å²) in [6.07, 6.45) is 3.51. The van der Waals surface area contributed by atoms with Crippen molar-refractivity contribution in [2.45, 2.75) is 78.7 Å². The molecule has 1 aromatic carbocycles. The molecule has 2 N–H and O–H groups in total. The third-order valence-electron chi connectivity index (χ3n) is 5.26. The van der Waals surface area contributed by atoms with E-state index in [1.54, 1.807) is 43.5 Å². The van der Waals surface area contributed by atoms with Crippen molar-refractivity contribution in [2.24, 2.45) is 5.92 Å². The summed E-state index contributed by atoms with van der Waals surface area (Å²) in [4.78, 5) is 25.7. The highest BCUT2D eigenvalue weighted by Crippen LogP contribution is 2.34. The fraction of sp³-hybridized carbons (Fsp3) is 0.583. The number of hydrogen-bond acceptors (Lipinski definition) is 5. The van der Waals surface area contributed by atoms with Crippen LogP contribution in [0.1, 0.15) is 64.6 Å². The highest BCUT2D eigenvalue weighted by Gasteiger charge is 2.27. The molecule has 0 bridgehead atoms. The monoisotopic (exact) mass is 430 g/mol. The van der Waals surface area contributed by atoms with Crippen molar-refractivity contribution in [1.82, 2.24) is 9.88 Å². The van der Waals surface area contributed by atoms with Crippen LogP contribution in [-0.4, -0.2) is 28.0 Å². The fourth-order valence-corrected chi connectivity index (χ4v) is 3.49. The lowest BCUT2D eigenvalue weighted by Crippen LogP contribution is -2.35. The van der Waals surface area contributed by atoms with Crippen molar-refractivity contribution in [3.63, 3.8) is 0 Å². The molecule has 1 aromatic heterocycles. The number of carbonyl (C=O) groups excluding carboxylic acids is 1. The number of amides is 1. The molecule has 0 atom stereocenters. The molecule has 1 heterocycles. The van der Waals surface area contributed by atoms with Gasteiger partial charge >= 0.3 is 6.09 Å². The lowest BCUT2D eigenvalue weighted by Gasteiger charge is -2.23. The summed E-state index contributed by atoms with van der Waals surface area (Å²) >= 11 is 0. The number of benzene rings is 1. The lowest BCUT2D eigenvalue weighted by molar-refractivity contribution is 0.0522. The van der Waals surface area contributed by atoms with E-state index in [0.717, 1.165) is 25.7 Å². The fourth-order valence-electron chi connectivity index (χ4n) is 3.49. The number of fused-ring (bicyclic) bond motifs is 1. The zero-order valence-electron chi connectivity index (χ0n) is 19.0. The van der Waals surface area contributed by atoms with Gasteiger partial charge in [0.05, 0.1) is 30.8 Å². The topological polar surface area (TPSA) is 89.8 Å². The molecule has 1 amide bonds. The number of alkyl carbamates (subject to hydrolysis) is 1. The molecule has 1 aliphatic carbocycles. The van der Waals surface area contributed by atoms with E-state index in [4.69, 9.17) is 9.47 Å². The minimum absolute atomic E-state index is 0.102. The summed E-state index contributed by atoms with van der Waals surface area (Å²) in [7, 11) is 0. The van der Waals surface area contributed by atoms with E-state index in [-0.39, 0.29) is 18.7 Å². The van der Waals surface area contributed by atoms with Gasteiger partial charge in [-0.1, -0.05) is 19.4 Å². The Hall–Kier alpha value is -2.54. The molecule has 31 heavy (non-hydrogen) atoms. The molecular weight excluding hydrogens is 396 g/mol. The molecule has 7 heteroatoms. The number of carbonyl (C=O) groups is 1. The maximum absolute atomic E-state index is 13.4. The number of unbranched alkanes of at least 4 members (excludes halogenated alkanes) is 1. The lowest BCUT2D eigenvalue weighted by atomic mass is 10.1. The van der Waals surface area contributed by atoms with Crippen molar-refractivity contribution in [3.05, 3.63) is 39.8 Å². The van der Waals surface area contributed by atoms with E-state index in [0.29, 0.717) is 46.8 Å². The van der Waals surface area contributed by atoms with Gasteiger partial charge in [0.25, 0.3) is 5.56 Å². The minimum Gasteiger partial charge on any atom is -0.491 e. The first-order valence-electron chi connectivity index (χ1n) is 11.1. The zero-order chi connectivity index (χ0) is 22.6. The van der Waals surface area contributed by atoms with E-state index >= 15 is 0 Å². The maximum atomic E-state index is 13.4. The number of aliphatic hydroxyl groups is 1. The van der Waals surface area contributed by atoms with Crippen molar-refractivity contribution in [1.29, 1.82) is 0 Å². The van der Waals surface area contributed by atoms with Crippen LogP contribution in [0, 0.1) is 5.92 Å². The first kappa shape index (κ1) is 23.1. The molecule has 0 spiro atoms. The van der Waals surface area contributed by atoms with E-state index in [1.807, 2.05) is 0 Å². The highest BCUT2D eigenvalue weighted by atomic mass is 16.6. The van der Waals surface area contributed by atoms with Gasteiger partial charge in [-0.2, -0.15) is 0 Å². The molecule has 0 radical (unpaired) electrons. The largest absolute Gasteiger partial charge is 0.491 e. The highest BCUT2D eigenvalue weighted by molar-refractivity contribution is 5.89. The predicted molar refractivity (Wildman–Crippen MR) is 120 cm³/mol. The Kier molecular flexibility index (Phi) is 7.26. The van der Waals surface area contributed by atoms with Crippen LogP contribution in [0.15, 0.2) is 23.0 Å². The molecular formula is C24H34N2O5. The van der Waals surface area contributed by atoms with Gasteiger partial charge in [-0.15, -0.1) is 0 Å². The summed E-state index contributed by atoms with van der Waals surface area (Å²) in [6.45, 7) is 8.62. The molecule has 3 rings (SSSR count). The molecule has 0 saturated heterocycles. The molecule has 0 aliphatic heterocycles. The Bertz CT molecular complexity index is 986. The Morgan fingerprint density at radius 1 is 1.26 bits per heavy atom. The van der Waals surface area contributed by atoms with Gasteiger partial charge in [-0.3, -0.25) is 4.79 Å². The van der Waals surface area contributed by atoms with Crippen LogP contribution in [-0.2, 0) is 24.4 Å². The second-order valence-electron chi connectivity index (χ2n) is 9.23. The van der Waals surface area contributed by atoms with Crippen molar-refractivity contribution >= 4 is 16.9 Å². The molecule has 1 fully saturated rings. The van der Waals surface area contributed by atoms with Crippen LogP contribution in [0.25, 0.3) is 10.8 Å². The van der Waals surface area contributed by atoms with E-state index in [1.165, 1.54) is 0 Å². The van der Waals surface area contributed by atoms with Gasteiger partial charge < -0.3 is 24.5 Å². The van der Waals surface area contributed by atoms with E-state index in [2.05, 4.69) is 12.2 Å². The number of rotatable bonds is 9. The maximum Gasteiger partial charge on any atom is 0.407 e. The van der Waals surface area contributed by atoms with Crippen LogP contribution in [0.4, 0.5) is 4.79 Å². The van der Waals surface area contributed by atoms with Gasteiger partial charge in [0.15, 0.2) is 0 Å². The summed E-state index contributed by atoms with van der Waals surface area (Å²) in [5.74, 6) is 1.06. The summed E-state index contributed by atoms with van der Waals surface area (Å²) in [5.41, 5.74) is 0.632. The molecule has 1 aliphatic rings. The zero-order valence-corrected chi connectivity index (χ0v) is 19.0. The second kappa shape index (κ2) is 9.73. The summed E-state index contributed by atoms with van der Waals surface area (Å²) in [5, 5.41) is 13.6. The van der Waals surface area contributed by atoms with E-state index in [9.17, 15) is 14.7 Å². The van der Waals surface area contributed by atoms with Crippen LogP contribution in [0.3, 0.4) is 0 Å². The quantitative estimate of drug-likeness (QED) is 0.585. The average Bonchev–Trinajstić information content (AvgIpc) is 3.53. The molecule has 0 unspecified atom stereocenters. The first-order valence-corrected chi connectivity index (χ1v) is 11.1. The van der Waals surface area contributed by atoms with Crippen molar-refractivity contribution in [2.75, 3.05) is 6.61 Å². The smallest absolute Gasteiger partial charge is 0.407 e. The summed E-state index contributed by atoms with van der Waals surface area (Å²) < 4.78 is 13.3. The third kappa shape index (κ3) is 6.00. The van der Waals surface area contributed by atoms with E-state index < -0.39 is 11.7 Å². The third-order valence-corrected chi connectivity index (χ3v) is 5.26. The number of aromatic nitrogens is 1. The molecule has 7 nitrogen and oxygen atoms in total. The Morgan fingerprint density at radius 2 is 2.00 bits per heavy atom. The Morgan fingerprint density at radius 3 is 2.61 bits per heavy atom.